The number of benzene rings is 2. The number of hydrogen-bond donors (Lipinski definition) is 2. The van der Waals surface area contributed by atoms with Crippen LogP contribution in [0.2, 0.25) is 0 Å². The minimum Gasteiger partial charge on any atom is -0.493 e. The minimum absolute atomic E-state index is 0.157. The van der Waals surface area contributed by atoms with Gasteiger partial charge in [0.2, 0.25) is 0 Å². The third-order valence-electron chi connectivity index (χ3n) is 5.03. The summed E-state index contributed by atoms with van der Waals surface area (Å²) in [5.41, 5.74) is 7.62. The molecule has 0 spiro atoms. The van der Waals surface area contributed by atoms with E-state index < -0.39 is 5.91 Å². The SMILES string of the molecule is COc1cc(CNC2CCN(Cc3ccccc3)CC2)ccc1OCC(N)=O. The smallest absolute Gasteiger partial charge is 0.255 e. The third kappa shape index (κ3) is 5.97. The Kier molecular flexibility index (Phi) is 7.28. The number of nitrogens with two attached hydrogens (primary N) is 1. The van der Waals surface area contributed by atoms with Crippen molar-refractivity contribution in [2.45, 2.75) is 32.0 Å². The lowest BCUT2D eigenvalue weighted by Gasteiger charge is -2.32. The van der Waals surface area contributed by atoms with Crippen LogP contribution in [0, 0.1) is 0 Å². The Balaban J connectivity index is 1.45. The molecule has 0 atom stereocenters. The van der Waals surface area contributed by atoms with E-state index in [2.05, 4.69) is 40.5 Å². The maximum absolute atomic E-state index is 10.9. The van der Waals surface area contributed by atoms with Gasteiger partial charge >= 0.3 is 0 Å². The molecule has 6 heteroatoms. The van der Waals surface area contributed by atoms with E-state index in [1.807, 2.05) is 18.2 Å². The van der Waals surface area contributed by atoms with Crippen molar-refractivity contribution in [1.29, 1.82) is 0 Å². The summed E-state index contributed by atoms with van der Waals surface area (Å²) in [6.45, 7) is 3.86. The molecule has 2 aromatic rings. The molecule has 150 valence electrons. The second-order valence-corrected chi connectivity index (χ2v) is 7.16. The van der Waals surface area contributed by atoms with Gasteiger partial charge in [-0.15, -0.1) is 0 Å². The summed E-state index contributed by atoms with van der Waals surface area (Å²) in [7, 11) is 1.59. The van der Waals surface area contributed by atoms with Gasteiger partial charge in [0.15, 0.2) is 18.1 Å². The van der Waals surface area contributed by atoms with Crippen molar-refractivity contribution in [3.05, 3.63) is 59.7 Å². The topological polar surface area (TPSA) is 76.8 Å². The lowest BCUT2D eigenvalue weighted by atomic mass is 10.0. The van der Waals surface area contributed by atoms with Crippen molar-refractivity contribution in [3.8, 4) is 11.5 Å². The Morgan fingerprint density at radius 3 is 2.54 bits per heavy atom. The second kappa shape index (κ2) is 10.1. The van der Waals surface area contributed by atoms with Crippen molar-refractivity contribution >= 4 is 5.91 Å². The summed E-state index contributed by atoms with van der Waals surface area (Å²) in [5.74, 6) is 0.629. The van der Waals surface area contributed by atoms with Gasteiger partial charge in [-0.3, -0.25) is 9.69 Å². The molecule has 2 aromatic carbocycles. The molecule has 0 unspecified atom stereocenters. The maximum Gasteiger partial charge on any atom is 0.255 e. The van der Waals surface area contributed by atoms with Crippen LogP contribution in [0.5, 0.6) is 11.5 Å². The van der Waals surface area contributed by atoms with Crippen LogP contribution < -0.4 is 20.5 Å². The highest BCUT2D eigenvalue weighted by Gasteiger charge is 2.19. The highest BCUT2D eigenvalue weighted by molar-refractivity contribution is 5.75. The lowest BCUT2D eigenvalue weighted by Crippen LogP contribution is -2.41. The maximum atomic E-state index is 10.9. The number of nitrogens with zero attached hydrogens (tertiary/aromatic N) is 1. The number of carbonyl (C=O) groups is 1. The zero-order valence-electron chi connectivity index (χ0n) is 16.4. The molecule has 1 heterocycles. The van der Waals surface area contributed by atoms with Crippen LogP contribution in [0.1, 0.15) is 24.0 Å². The normalized spacial score (nSPS) is 15.3. The number of ether oxygens (including phenoxy) is 2. The first-order chi connectivity index (χ1) is 13.6. The molecule has 0 radical (unpaired) electrons. The average molecular weight is 383 g/mol. The van der Waals surface area contributed by atoms with E-state index in [9.17, 15) is 4.79 Å². The van der Waals surface area contributed by atoms with E-state index in [1.54, 1.807) is 7.11 Å². The van der Waals surface area contributed by atoms with E-state index in [1.165, 1.54) is 5.56 Å². The summed E-state index contributed by atoms with van der Waals surface area (Å²) in [6.07, 6.45) is 2.29. The van der Waals surface area contributed by atoms with Crippen LogP contribution in [-0.4, -0.2) is 43.7 Å². The summed E-state index contributed by atoms with van der Waals surface area (Å²) >= 11 is 0. The highest BCUT2D eigenvalue weighted by atomic mass is 16.5. The molecule has 3 N–H and O–H groups in total. The standard InChI is InChI=1S/C22H29N3O3/c1-27-21-13-18(7-8-20(21)28-16-22(23)26)14-24-19-9-11-25(12-10-19)15-17-5-3-2-4-6-17/h2-8,13,19,24H,9-12,14-16H2,1H3,(H2,23,26). The Morgan fingerprint density at radius 2 is 1.86 bits per heavy atom. The molecule has 0 saturated carbocycles. The molecule has 1 amide bonds. The van der Waals surface area contributed by atoms with E-state index >= 15 is 0 Å². The van der Waals surface area contributed by atoms with Crippen molar-refractivity contribution in [2.75, 3.05) is 26.8 Å². The Bertz CT molecular complexity index is 759. The van der Waals surface area contributed by atoms with Crippen molar-refractivity contribution in [2.24, 2.45) is 5.73 Å². The van der Waals surface area contributed by atoms with E-state index in [-0.39, 0.29) is 6.61 Å². The van der Waals surface area contributed by atoms with Crippen LogP contribution in [-0.2, 0) is 17.9 Å². The molecule has 1 aliphatic rings. The molecule has 1 saturated heterocycles. The van der Waals surface area contributed by atoms with Crippen molar-refractivity contribution in [3.63, 3.8) is 0 Å². The van der Waals surface area contributed by atoms with Gasteiger partial charge in [-0.2, -0.15) is 0 Å². The quantitative estimate of drug-likeness (QED) is 0.695. The Morgan fingerprint density at radius 1 is 1.11 bits per heavy atom. The van der Waals surface area contributed by atoms with Crippen LogP contribution in [0.3, 0.4) is 0 Å². The number of piperidine rings is 1. The molecule has 6 nitrogen and oxygen atoms in total. The Labute approximate surface area is 166 Å². The molecule has 3 rings (SSSR count). The van der Waals surface area contributed by atoms with Gasteiger partial charge in [-0.1, -0.05) is 36.4 Å². The van der Waals surface area contributed by atoms with Crippen LogP contribution in [0.15, 0.2) is 48.5 Å². The van der Waals surface area contributed by atoms with Gasteiger partial charge in [-0.05, 0) is 49.2 Å². The summed E-state index contributed by atoms with van der Waals surface area (Å²) in [5, 5.41) is 3.65. The predicted molar refractivity (Wildman–Crippen MR) is 109 cm³/mol. The van der Waals surface area contributed by atoms with E-state index in [0.717, 1.165) is 44.6 Å². The van der Waals surface area contributed by atoms with Crippen molar-refractivity contribution in [1.82, 2.24) is 10.2 Å². The van der Waals surface area contributed by atoms with Gasteiger partial charge in [-0.25, -0.2) is 0 Å². The number of methoxy groups -OCH3 is 1. The Hall–Kier alpha value is -2.57. The van der Waals surface area contributed by atoms with Gasteiger partial charge in [0.1, 0.15) is 0 Å². The zero-order chi connectivity index (χ0) is 19.8. The van der Waals surface area contributed by atoms with Gasteiger partial charge in [0, 0.05) is 19.1 Å². The van der Waals surface area contributed by atoms with Gasteiger partial charge < -0.3 is 20.5 Å². The molecule has 0 aromatic heterocycles. The lowest BCUT2D eigenvalue weighted by molar-refractivity contribution is -0.119. The fraction of sp³-hybridized carbons (Fsp3) is 0.409. The van der Waals surface area contributed by atoms with Crippen LogP contribution in [0.25, 0.3) is 0 Å². The number of nitrogens with one attached hydrogen (secondary N) is 1. The average Bonchev–Trinajstić information content (AvgIpc) is 2.72. The van der Waals surface area contributed by atoms with Crippen LogP contribution >= 0.6 is 0 Å². The van der Waals surface area contributed by atoms with E-state index in [0.29, 0.717) is 17.5 Å². The molecule has 0 aliphatic carbocycles. The summed E-state index contributed by atoms with van der Waals surface area (Å²) < 4.78 is 10.7. The first-order valence-electron chi connectivity index (χ1n) is 9.71. The number of carbonyl (C=O) groups excluding carboxylic acids is 1. The largest absolute Gasteiger partial charge is 0.493 e. The molecule has 28 heavy (non-hydrogen) atoms. The highest BCUT2D eigenvalue weighted by Crippen LogP contribution is 2.28. The van der Waals surface area contributed by atoms with Gasteiger partial charge in [0.25, 0.3) is 5.91 Å². The molecular weight excluding hydrogens is 354 g/mol. The van der Waals surface area contributed by atoms with Crippen molar-refractivity contribution < 1.29 is 14.3 Å². The first-order valence-corrected chi connectivity index (χ1v) is 9.71. The zero-order valence-corrected chi connectivity index (χ0v) is 16.4. The summed E-state index contributed by atoms with van der Waals surface area (Å²) in [6, 6.07) is 16.9. The molecule has 0 bridgehead atoms. The summed E-state index contributed by atoms with van der Waals surface area (Å²) in [4.78, 5) is 13.4. The first kappa shape index (κ1) is 20.2. The minimum atomic E-state index is -0.508. The monoisotopic (exact) mass is 383 g/mol. The van der Waals surface area contributed by atoms with Gasteiger partial charge in [0.05, 0.1) is 7.11 Å². The fourth-order valence-electron chi connectivity index (χ4n) is 3.49. The predicted octanol–water partition coefficient (Wildman–Crippen LogP) is 2.31. The fourth-order valence-corrected chi connectivity index (χ4v) is 3.49. The van der Waals surface area contributed by atoms with Crippen LogP contribution in [0.4, 0.5) is 0 Å². The molecule has 1 aliphatic heterocycles. The number of amides is 1. The van der Waals surface area contributed by atoms with E-state index in [4.69, 9.17) is 15.2 Å². The molecule has 1 fully saturated rings. The number of primary amides is 1. The third-order valence-corrected chi connectivity index (χ3v) is 5.03. The second-order valence-electron chi connectivity index (χ2n) is 7.16. The molecular formula is C22H29N3O3. The number of hydrogen-bond acceptors (Lipinski definition) is 5. The number of rotatable bonds is 9. The number of likely N-dealkylation sites (tertiary alicyclic amines) is 1.